The number of anilines is 1. The van der Waals surface area contributed by atoms with Gasteiger partial charge in [-0.15, -0.1) is 0 Å². The monoisotopic (exact) mass is 1780 g/mol. The second-order valence-corrected chi connectivity index (χ2v) is 28.9. The molecule has 6 heterocycles. The highest BCUT2D eigenvalue weighted by atomic mass is 16.7. The van der Waals surface area contributed by atoms with Gasteiger partial charge in [-0.25, -0.2) is 0 Å². The summed E-state index contributed by atoms with van der Waals surface area (Å²) in [5, 5.41) is 122. The fraction of sp³-hybridized carbons (Fsp3) is 0.711. The normalized spacial score (nSPS) is 22.7. The highest BCUT2D eigenvalue weighted by Crippen LogP contribution is 2.26. The van der Waals surface area contributed by atoms with Crippen LogP contribution in [0.2, 0.25) is 0 Å². The molecule has 3 fully saturated rings. The van der Waals surface area contributed by atoms with E-state index in [1.54, 1.807) is 26.0 Å². The molecule has 3 saturated heterocycles. The molecule has 48 nitrogen and oxygen atoms in total. The van der Waals surface area contributed by atoms with E-state index in [2.05, 4.69) is 63.3 Å². The van der Waals surface area contributed by atoms with Gasteiger partial charge in [0.2, 0.25) is 47.3 Å². The SMILES string of the molecule is CC(=O)N[C@H]1[C@H](OCCOCCOCCNC(=O)CCOCC(COCCC(=O)NCCOCCOCCOC2O[C@H](CO)[C@H](O)[C@H](O)[C@H]2NC(C)=O)(COCCC(=O)NCCOCCOCCO[C@@H]2O[C@H](CO)[C@H](O)[C@H](O)[C@H]2NC(C)=O)NC(=O)CNC(=O)c2ccc(C(=O)Nc3cnn(C(C)(C)C(=O)NCc4ccco4)c3)cn2)O[C@H](CO)[C@H](O)[C@@H]1O. The number of furan rings is 1. The molecular formula is C76H121N13O35. The van der Waals surface area contributed by atoms with Gasteiger partial charge >= 0.3 is 0 Å². The van der Waals surface area contributed by atoms with Crippen LogP contribution in [-0.2, 0) is 121 Å². The van der Waals surface area contributed by atoms with E-state index in [0.717, 1.165) is 6.20 Å². The van der Waals surface area contributed by atoms with Crippen LogP contribution in [0.5, 0.6) is 0 Å². The number of nitrogens with zero attached hydrogens (tertiary/aromatic N) is 3. The summed E-state index contributed by atoms with van der Waals surface area (Å²) < 4.78 is 91.7. The first-order valence-corrected chi connectivity index (χ1v) is 40.3. The van der Waals surface area contributed by atoms with Crippen LogP contribution in [-0.4, -0.2) is 402 Å². The Balaban J connectivity index is 1.02. The first kappa shape index (κ1) is 104. The molecule has 0 saturated carbocycles. The summed E-state index contributed by atoms with van der Waals surface area (Å²) in [6, 6.07) is 2.56. The largest absolute Gasteiger partial charge is 0.467 e. The van der Waals surface area contributed by atoms with Crippen molar-refractivity contribution in [3.8, 4) is 0 Å². The van der Waals surface area contributed by atoms with Crippen molar-refractivity contribution in [2.45, 2.75) is 163 Å². The molecule has 0 aromatic carbocycles. The fourth-order valence-electron chi connectivity index (χ4n) is 12.1. The lowest BCUT2D eigenvalue weighted by atomic mass is 9.97. The van der Waals surface area contributed by atoms with E-state index in [9.17, 15) is 93.9 Å². The van der Waals surface area contributed by atoms with E-state index in [1.165, 1.54) is 56.2 Å². The molecule has 10 amide bonds. The zero-order chi connectivity index (χ0) is 90.4. The molecule has 3 aromatic rings. The van der Waals surface area contributed by atoms with Gasteiger partial charge in [-0.2, -0.15) is 5.10 Å². The summed E-state index contributed by atoms with van der Waals surface area (Å²) in [5.74, 6) is -5.10. The highest BCUT2D eigenvalue weighted by molar-refractivity contribution is 6.04. The third-order valence-corrected chi connectivity index (χ3v) is 18.7. The van der Waals surface area contributed by atoms with Crippen molar-refractivity contribution in [3.63, 3.8) is 0 Å². The Bertz CT molecular complexity index is 3450. The van der Waals surface area contributed by atoms with Crippen molar-refractivity contribution in [3.05, 3.63) is 66.1 Å². The number of rotatable bonds is 61. The molecule has 0 radical (unpaired) electrons. The van der Waals surface area contributed by atoms with Crippen LogP contribution in [0.3, 0.4) is 0 Å². The summed E-state index contributed by atoms with van der Waals surface area (Å²) in [6.45, 7) is 3.26. The molecule has 15 atom stereocenters. The lowest BCUT2D eigenvalue weighted by Gasteiger charge is -2.42. The number of ether oxygens (including phenoxy) is 15. The number of amides is 10. The van der Waals surface area contributed by atoms with Crippen molar-refractivity contribution in [2.75, 3.05) is 190 Å². The Hall–Kier alpha value is -8.62. The van der Waals surface area contributed by atoms with Crippen molar-refractivity contribution >= 4 is 64.8 Å². The minimum atomic E-state index is -1.68. The summed E-state index contributed by atoms with van der Waals surface area (Å²) in [5.41, 5.74) is -2.81. The van der Waals surface area contributed by atoms with Gasteiger partial charge in [0.1, 0.15) is 95.6 Å². The number of carbonyl (C=O) groups is 10. The second-order valence-electron chi connectivity index (χ2n) is 28.9. The molecule has 700 valence electrons. The van der Waals surface area contributed by atoms with Crippen LogP contribution >= 0.6 is 0 Å². The van der Waals surface area contributed by atoms with E-state index >= 15 is 0 Å². The molecule has 124 heavy (non-hydrogen) atoms. The van der Waals surface area contributed by atoms with Gasteiger partial charge < -0.3 is 175 Å². The average molecular weight is 1780 g/mol. The van der Waals surface area contributed by atoms with Crippen LogP contribution in [0, 0.1) is 0 Å². The third kappa shape index (κ3) is 36.8. The van der Waals surface area contributed by atoms with E-state index in [0.29, 0.717) is 5.76 Å². The van der Waals surface area contributed by atoms with Crippen LogP contribution < -0.4 is 53.2 Å². The molecule has 3 aromatic heterocycles. The smallest absolute Gasteiger partial charge is 0.270 e. The molecule has 48 heteroatoms. The second kappa shape index (κ2) is 56.5. The predicted octanol–water partition coefficient (Wildman–Crippen LogP) is -8.69. The molecule has 1 unspecified atom stereocenters. The summed E-state index contributed by atoms with van der Waals surface area (Å²) in [4.78, 5) is 133. The Labute approximate surface area is 713 Å². The lowest BCUT2D eigenvalue weighted by Crippen LogP contribution is -2.64. The molecule has 6 rings (SSSR count). The van der Waals surface area contributed by atoms with Gasteiger partial charge in [0.05, 0.1) is 195 Å². The first-order chi connectivity index (χ1) is 59.5. The summed E-state index contributed by atoms with van der Waals surface area (Å²) in [7, 11) is 0. The van der Waals surface area contributed by atoms with Gasteiger partial charge in [0.15, 0.2) is 18.9 Å². The number of carbonyl (C=O) groups excluding carboxylic acids is 10. The number of hydrogen-bond donors (Lipinski definition) is 19. The van der Waals surface area contributed by atoms with Gasteiger partial charge in [0, 0.05) is 72.1 Å². The van der Waals surface area contributed by atoms with Crippen LogP contribution in [0.25, 0.3) is 0 Å². The van der Waals surface area contributed by atoms with Gasteiger partial charge in [0.25, 0.3) is 11.8 Å². The van der Waals surface area contributed by atoms with Crippen LogP contribution in [0.4, 0.5) is 5.69 Å². The predicted molar refractivity (Wildman–Crippen MR) is 422 cm³/mol. The first-order valence-electron chi connectivity index (χ1n) is 40.3. The summed E-state index contributed by atoms with van der Waals surface area (Å²) in [6.07, 6.45) is -11.3. The Morgan fingerprint density at radius 1 is 0.452 bits per heavy atom. The quantitative estimate of drug-likeness (QED) is 0.0233. The Morgan fingerprint density at radius 2 is 0.847 bits per heavy atom. The minimum absolute atomic E-state index is 0.0241. The van der Waals surface area contributed by atoms with Gasteiger partial charge in [-0.1, -0.05) is 0 Å². The zero-order valence-corrected chi connectivity index (χ0v) is 69.9. The number of hydrogen-bond acceptors (Lipinski definition) is 37. The van der Waals surface area contributed by atoms with Crippen molar-refractivity contribution in [1.82, 2.24) is 62.6 Å². The average Bonchev–Trinajstić information content (AvgIpc) is 1.49. The molecule has 3 aliphatic heterocycles. The van der Waals surface area contributed by atoms with Crippen molar-refractivity contribution in [1.29, 1.82) is 0 Å². The molecular weight excluding hydrogens is 1650 g/mol. The Kier molecular flexibility index (Phi) is 47.4. The zero-order valence-electron chi connectivity index (χ0n) is 69.9. The van der Waals surface area contributed by atoms with Gasteiger partial charge in [-0.3, -0.25) is 57.6 Å². The summed E-state index contributed by atoms with van der Waals surface area (Å²) >= 11 is 0. The number of nitrogens with one attached hydrogen (secondary N) is 10. The van der Waals surface area contributed by atoms with E-state index in [4.69, 9.17) is 75.5 Å². The molecule has 0 spiro atoms. The highest BCUT2D eigenvalue weighted by Gasteiger charge is 2.48. The topological polar surface area (TPSA) is 655 Å². The minimum Gasteiger partial charge on any atom is -0.467 e. The standard InChI is InChI=1S/C76H121N13O35/c1-46(93)84-60-66(103)63(100)53(40-90)122-71(60)119-32-29-112-26-23-109-20-13-77-56(96)10-17-115-43-76(44-116-18-11-57(97)78-14-21-110-24-27-113-30-33-120-72-61(85-47(2)94)67(104)64(101)54(41-91)123-72,45-117-19-12-58(98)79-15-22-111-25-28-114-31-34-121-73-62(86-48(3)95)68(105)65(102)55(42-92)124-73)88-59(99)38-81-70(107)52-9-8-49(35-80-52)69(106)87-50-36-83-89(39-50)75(4,5)74(108)82-37-51-7-6-16-118-51/h6-9,16,35-36,39,53-55,60-68,71-73,90-92,100-105H,10-15,17-34,37-38,40-45H2,1-5H3,(H,77,96)(H,78,97)(H,79,98)(H,81,107)(H,82,108)(H,84,93)(H,85,94)(H,86,95)(H,87,106)(H,88,99)/t53-,54-,55-,60-,61-,62-,63+,64+,65+,66-,67-,68-,71-,72-,73?/m1/s1. The lowest BCUT2D eigenvalue weighted by molar-refractivity contribution is -0.272. The molecule has 19 N–H and O–H groups in total. The van der Waals surface area contributed by atoms with Crippen LogP contribution in [0.15, 0.2) is 53.5 Å². The maximum Gasteiger partial charge on any atom is 0.270 e. The fourth-order valence-corrected chi connectivity index (χ4v) is 12.1. The molecule has 0 aliphatic carbocycles. The van der Waals surface area contributed by atoms with E-state index < -0.39 is 202 Å². The van der Waals surface area contributed by atoms with Crippen molar-refractivity contribution < 1.29 is 169 Å². The molecule has 0 bridgehead atoms. The molecule has 3 aliphatic rings. The van der Waals surface area contributed by atoms with E-state index in [-0.39, 0.29) is 187 Å². The number of aliphatic hydroxyl groups is 9. The number of aliphatic hydroxyl groups excluding tert-OH is 9. The number of aromatic nitrogens is 3. The maximum atomic E-state index is 14.1. The maximum absolute atomic E-state index is 14.1. The van der Waals surface area contributed by atoms with E-state index in [1.807, 2.05) is 0 Å². The van der Waals surface area contributed by atoms with Crippen LogP contribution in [0.1, 0.15) is 80.5 Å². The Morgan fingerprint density at radius 3 is 1.21 bits per heavy atom. The van der Waals surface area contributed by atoms with Crippen molar-refractivity contribution in [2.24, 2.45) is 0 Å². The van der Waals surface area contributed by atoms with Gasteiger partial charge in [-0.05, 0) is 38.1 Å². The number of pyridine rings is 1. The third-order valence-electron chi connectivity index (χ3n) is 18.7.